The zero-order valence-electron chi connectivity index (χ0n) is 21.7. The van der Waals surface area contributed by atoms with Crippen molar-refractivity contribution in [3.63, 3.8) is 0 Å². The fraction of sp³-hybridized carbons (Fsp3) is 0.310. The fourth-order valence-electron chi connectivity index (χ4n) is 4.28. The Morgan fingerprint density at radius 3 is 2.41 bits per heavy atom. The first kappa shape index (κ1) is 26.4. The number of hydrogen-bond donors (Lipinski definition) is 0. The summed E-state index contributed by atoms with van der Waals surface area (Å²) >= 11 is 0. The second-order valence-corrected chi connectivity index (χ2v) is 11.8. The van der Waals surface area contributed by atoms with Gasteiger partial charge < -0.3 is 13.9 Å². The summed E-state index contributed by atoms with van der Waals surface area (Å²) in [6.07, 6.45) is 3.14. The van der Waals surface area contributed by atoms with E-state index in [0.29, 0.717) is 23.6 Å². The second-order valence-electron chi connectivity index (χ2n) is 9.89. The normalized spacial score (nSPS) is 11.7. The van der Waals surface area contributed by atoms with Gasteiger partial charge in [0.2, 0.25) is 15.0 Å². The van der Waals surface area contributed by atoms with Gasteiger partial charge in [-0.3, -0.25) is 4.79 Å². The van der Waals surface area contributed by atoms with Gasteiger partial charge in [0.1, 0.15) is 5.76 Å². The Balaban J connectivity index is 1.69. The topological polar surface area (TPSA) is 85.4 Å². The third-order valence-electron chi connectivity index (χ3n) is 6.03. The number of amides is 1. The van der Waals surface area contributed by atoms with Crippen LogP contribution >= 0.6 is 0 Å². The molecule has 0 saturated carbocycles. The summed E-state index contributed by atoms with van der Waals surface area (Å²) in [6.45, 7) is 8.86. The van der Waals surface area contributed by atoms with Crippen LogP contribution < -0.4 is 0 Å². The summed E-state index contributed by atoms with van der Waals surface area (Å²) in [7, 11) is -3.72. The van der Waals surface area contributed by atoms with Crippen molar-refractivity contribution in [1.82, 2.24) is 14.5 Å². The SMILES string of the molecule is Cc1ccc(C(=O)N(Cc2ccco2)Cc2cnc(S(=O)(=O)Cc3cccc(C)c3)n2CC(C)C)cc1. The maximum Gasteiger partial charge on any atom is 0.254 e. The third kappa shape index (κ3) is 6.57. The van der Waals surface area contributed by atoms with Crippen LogP contribution in [0.3, 0.4) is 0 Å². The third-order valence-corrected chi connectivity index (χ3v) is 7.63. The highest BCUT2D eigenvalue weighted by molar-refractivity contribution is 7.90. The highest BCUT2D eigenvalue weighted by Crippen LogP contribution is 2.22. The van der Waals surface area contributed by atoms with E-state index in [-0.39, 0.29) is 35.8 Å². The number of nitrogens with zero attached hydrogens (tertiary/aromatic N) is 3. The van der Waals surface area contributed by atoms with Crippen molar-refractivity contribution in [3.05, 3.63) is 107 Å². The molecule has 8 heteroatoms. The zero-order valence-corrected chi connectivity index (χ0v) is 22.5. The molecule has 37 heavy (non-hydrogen) atoms. The van der Waals surface area contributed by atoms with Gasteiger partial charge in [-0.2, -0.15) is 0 Å². The molecule has 194 valence electrons. The maximum absolute atomic E-state index is 13.5. The Bertz CT molecular complexity index is 1450. The predicted molar refractivity (Wildman–Crippen MR) is 143 cm³/mol. The van der Waals surface area contributed by atoms with E-state index in [1.807, 2.05) is 70.2 Å². The van der Waals surface area contributed by atoms with Crippen LogP contribution in [0.2, 0.25) is 0 Å². The van der Waals surface area contributed by atoms with E-state index in [9.17, 15) is 13.2 Å². The molecular formula is C29H33N3O4S. The van der Waals surface area contributed by atoms with Gasteiger partial charge >= 0.3 is 0 Å². The lowest BCUT2D eigenvalue weighted by molar-refractivity contribution is 0.0712. The lowest BCUT2D eigenvalue weighted by Crippen LogP contribution is -2.31. The van der Waals surface area contributed by atoms with E-state index in [0.717, 1.165) is 16.7 Å². The van der Waals surface area contributed by atoms with Crippen molar-refractivity contribution in [2.24, 2.45) is 5.92 Å². The van der Waals surface area contributed by atoms with Crippen LogP contribution in [0.25, 0.3) is 0 Å². The predicted octanol–water partition coefficient (Wildman–Crippen LogP) is 5.57. The first-order chi connectivity index (χ1) is 17.6. The van der Waals surface area contributed by atoms with E-state index < -0.39 is 9.84 Å². The van der Waals surface area contributed by atoms with Gasteiger partial charge in [0, 0.05) is 12.1 Å². The molecule has 0 spiro atoms. The largest absolute Gasteiger partial charge is 0.467 e. The molecule has 0 unspecified atom stereocenters. The second kappa shape index (κ2) is 11.2. The van der Waals surface area contributed by atoms with Crippen LogP contribution in [0.4, 0.5) is 0 Å². The number of rotatable bonds is 10. The Morgan fingerprint density at radius 2 is 1.76 bits per heavy atom. The highest BCUT2D eigenvalue weighted by Gasteiger charge is 2.27. The summed E-state index contributed by atoms with van der Waals surface area (Å²) in [5, 5.41) is 0.0263. The Hall–Kier alpha value is -3.65. The zero-order chi connectivity index (χ0) is 26.6. The van der Waals surface area contributed by atoms with E-state index in [1.54, 1.807) is 40.1 Å². The lowest BCUT2D eigenvalue weighted by atomic mass is 10.1. The van der Waals surface area contributed by atoms with E-state index in [4.69, 9.17) is 4.42 Å². The van der Waals surface area contributed by atoms with Crippen molar-refractivity contribution < 1.29 is 17.6 Å². The Morgan fingerprint density at radius 1 is 1.00 bits per heavy atom. The number of carbonyl (C=O) groups excluding carboxylic acids is 1. The molecule has 0 aliphatic carbocycles. The van der Waals surface area contributed by atoms with Gasteiger partial charge in [-0.15, -0.1) is 0 Å². The molecule has 0 atom stereocenters. The maximum atomic E-state index is 13.5. The average Bonchev–Trinajstić information content (AvgIpc) is 3.49. The molecule has 2 aromatic carbocycles. The molecule has 0 N–H and O–H groups in total. The molecule has 0 saturated heterocycles. The molecule has 0 aliphatic rings. The van der Waals surface area contributed by atoms with Gasteiger partial charge in [-0.25, -0.2) is 13.4 Å². The van der Waals surface area contributed by atoms with Crippen molar-refractivity contribution >= 4 is 15.7 Å². The number of aromatic nitrogens is 2. The number of sulfone groups is 1. The number of hydrogen-bond acceptors (Lipinski definition) is 5. The van der Waals surface area contributed by atoms with Crippen LogP contribution in [0.5, 0.6) is 0 Å². The molecule has 4 aromatic rings. The number of imidazole rings is 1. The van der Waals surface area contributed by atoms with Crippen molar-refractivity contribution in [2.45, 2.75) is 58.2 Å². The number of carbonyl (C=O) groups is 1. The molecule has 2 heterocycles. The minimum Gasteiger partial charge on any atom is -0.467 e. The Labute approximate surface area is 218 Å². The van der Waals surface area contributed by atoms with Crippen molar-refractivity contribution in [2.75, 3.05) is 0 Å². The number of aryl methyl sites for hydroxylation is 2. The molecule has 0 fully saturated rings. The first-order valence-corrected chi connectivity index (χ1v) is 14.0. The molecule has 0 radical (unpaired) electrons. The van der Waals surface area contributed by atoms with Crippen LogP contribution in [-0.4, -0.2) is 28.8 Å². The molecular weight excluding hydrogens is 486 g/mol. The van der Waals surface area contributed by atoms with Gasteiger partial charge in [-0.1, -0.05) is 61.4 Å². The summed E-state index contributed by atoms with van der Waals surface area (Å²) in [6, 6.07) is 18.5. The summed E-state index contributed by atoms with van der Waals surface area (Å²) in [5.41, 5.74) is 3.99. The Kier molecular flexibility index (Phi) is 7.97. The fourth-order valence-corrected chi connectivity index (χ4v) is 5.77. The minimum atomic E-state index is -3.72. The van der Waals surface area contributed by atoms with Crippen LogP contribution in [0.1, 0.15) is 52.3 Å². The van der Waals surface area contributed by atoms with Gasteiger partial charge in [-0.05, 0) is 49.6 Å². The van der Waals surface area contributed by atoms with Crippen LogP contribution in [0.15, 0.2) is 82.7 Å². The van der Waals surface area contributed by atoms with Crippen LogP contribution in [-0.2, 0) is 35.2 Å². The first-order valence-electron chi connectivity index (χ1n) is 12.3. The minimum absolute atomic E-state index is 0.0263. The van der Waals surface area contributed by atoms with Gasteiger partial charge in [0.05, 0.1) is 37.0 Å². The smallest absolute Gasteiger partial charge is 0.254 e. The standard InChI is InChI=1S/C29H33N3O4S/c1-21(2)17-32-26(16-30-29(32)37(34,35)20-24-8-5-7-23(4)15-24)18-31(19-27-9-6-14-36-27)28(33)25-12-10-22(3)11-13-25/h5-16,21H,17-20H2,1-4H3. The van der Waals surface area contributed by atoms with Crippen molar-refractivity contribution in [1.29, 1.82) is 0 Å². The lowest BCUT2D eigenvalue weighted by Gasteiger charge is -2.23. The number of furan rings is 1. The summed E-state index contributed by atoms with van der Waals surface area (Å²) in [4.78, 5) is 19.6. The summed E-state index contributed by atoms with van der Waals surface area (Å²) in [5.74, 6) is 0.509. The quantitative estimate of drug-likeness (QED) is 0.274. The van der Waals surface area contributed by atoms with Crippen LogP contribution in [0, 0.1) is 19.8 Å². The molecule has 0 aliphatic heterocycles. The monoisotopic (exact) mass is 519 g/mol. The average molecular weight is 520 g/mol. The van der Waals surface area contributed by atoms with E-state index in [1.165, 1.54) is 0 Å². The van der Waals surface area contributed by atoms with E-state index in [2.05, 4.69) is 4.98 Å². The molecule has 1 amide bonds. The van der Waals surface area contributed by atoms with Gasteiger partial charge in [0.25, 0.3) is 5.91 Å². The molecule has 7 nitrogen and oxygen atoms in total. The molecule has 2 aromatic heterocycles. The van der Waals surface area contributed by atoms with E-state index >= 15 is 0 Å². The highest BCUT2D eigenvalue weighted by atomic mass is 32.2. The van der Waals surface area contributed by atoms with Crippen molar-refractivity contribution in [3.8, 4) is 0 Å². The summed E-state index contributed by atoms with van der Waals surface area (Å²) < 4.78 is 34.2. The van der Waals surface area contributed by atoms with Gasteiger partial charge in [0.15, 0.2) is 0 Å². The molecule has 0 bridgehead atoms. The molecule has 4 rings (SSSR count). The number of benzene rings is 2.